The molecule has 3 rings (SSSR count). The normalized spacial score (nSPS) is 24.0. The lowest BCUT2D eigenvalue weighted by atomic mass is 10.2. The van der Waals surface area contributed by atoms with Crippen LogP contribution in [0.5, 0.6) is 0 Å². The lowest BCUT2D eigenvalue weighted by molar-refractivity contribution is -0.133. The number of nitrogens with zero attached hydrogens (tertiary/aromatic N) is 1. The first-order chi connectivity index (χ1) is 10.1. The number of rotatable bonds is 3. The second kappa shape index (κ2) is 5.79. The second-order valence-electron chi connectivity index (χ2n) is 5.93. The first-order valence-corrected chi connectivity index (χ1v) is 8.21. The van der Waals surface area contributed by atoms with Crippen LogP contribution in [-0.2, 0) is 9.59 Å². The summed E-state index contributed by atoms with van der Waals surface area (Å²) in [6.45, 7) is 3.70. The lowest BCUT2D eigenvalue weighted by Crippen LogP contribution is -2.30. The van der Waals surface area contributed by atoms with E-state index in [4.69, 9.17) is 0 Å². The Kier molecular flexibility index (Phi) is 4.02. The number of likely N-dealkylation sites (tertiary alicyclic amines) is 1. The summed E-state index contributed by atoms with van der Waals surface area (Å²) in [6.07, 6.45) is 2.87. The first-order valence-electron chi connectivity index (χ1n) is 7.42. The van der Waals surface area contributed by atoms with Crippen LogP contribution >= 0.6 is 15.9 Å². The first kappa shape index (κ1) is 14.6. The Hall–Kier alpha value is -1.36. The lowest BCUT2D eigenvalue weighted by Gasteiger charge is -2.14. The molecule has 1 N–H and O–H groups in total. The highest BCUT2D eigenvalue weighted by molar-refractivity contribution is 9.10. The zero-order chi connectivity index (χ0) is 15.0. The van der Waals surface area contributed by atoms with Gasteiger partial charge in [0, 0.05) is 23.2 Å². The van der Waals surface area contributed by atoms with Gasteiger partial charge in [0.05, 0.1) is 11.8 Å². The molecule has 1 aromatic carbocycles. The van der Waals surface area contributed by atoms with Crippen molar-refractivity contribution in [2.24, 2.45) is 11.8 Å². The van der Waals surface area contributed by atoms with Gasteiger partial charge in [-0.3, -0.25) is 9.59 Å². The number of hydrogen-bond donors (Lipinski definition) is 1. The summed E-state index contributed by atoms with van der Waals surface area (Å²) in [6, 6.07) is 5.72. The minimum absolute atomic E-state index is 0.0331. The third-order valence-corrected chi connectivity index (χ3v) is 5.18. The van der Waals surface area contributed by atoms with Crippen molar-refractivity contribution in [3.63, 3.8) is 0 Å². The Morgan fingerprint density at radius 3 is 2.62 bits per heavy atom. The number of halogens is 1. The Morgan fingerprint density at radius 2 is 1.95 bits per heavy atom. The van der Waals surface area contributed by atoms with Crippen LogP contribution < -0.4 is 5.32 Å². The number of hydrogen-bond acceptors (Lipinski definition) is 2. The van der Waals surface area contributed by atoms with Crippen molar-refractivity contribution in [3.8, 4) is 0 Å². The molecule has 2 unspecified atom stereocenters. The summed E-state index contributed by atoms with van der Waals surface area (Å²) >= 11 is 3.44. The fourth-order valence-corrected chi connectivity index (χ4v) is 3.13. The zero-order valence-corrected chi connectivity index (χ0v) is 13.6. The average Bonchev–Trinajstić information content (AvgIpc) is 3.08. The molecule has 2 fully saturated rings. The molecule has 2 atom stereocenters. The van der Waals surface area contributed by atoms with E-state index in [0.717, 1.165) is 41.7 Å². The standard InChI is InChI=1S/C16H19BrN2O2/c1-10-8-11(4-5-14(10)17)18-15(20)12-9-13(12)16(21)19-6-2-3-7-19/h4-5,8,12-13H,2-3,6-7,9H2,1H3,(H,18,20). The molecule has 1 aromatic rings. The van der Waals surface area contributed by atoms with Gasteiger partial charge < -0.3 is 10.2 Å². The van der Waals surface area contributed by atoms with E-state index in [1.165, 1.54) is 0 Å². The predicted octanol–water partition coefficient (Wildman–Crippen LogP) is 2.95. The number of carbonyl (C=O) groups is 2. The van der Waals surface area contributed by atoms with E-state index in [2.05, 4.69) is 21.2 Å². The average molecular weight is 351 g/mol. The van der Waals surface area contributed by atoms with Crippen molar-refractivity contribution < 1.29 is 9.59 Å². The summed E-state index contributed by atoms with van der Waals surface area (Å²) in [5, 5.41) is 2.92. The van der Waals surface area contributed by atoms with Gasteiger partial charge in [0.15, 0.2) is 0 Å². The maximum atomic E-state index is 12.2. The monoisotopic (exact) mass is 350 g/mol. The fraction of sp³-hybridized carbons (Fsp3) is 0.500. The smallest absolute Gasteiger partial charge is 0.228 e. The number of amides is 2. The number of nitrogens with one attached hydrogen (secondary N) is 1. The molecule has 1 aliphatic heterocycles. The van der Waals surface area contributed by atoms with Crippen molar-refractivity contribution in [1.29, 1.82) is 0 Å². The Balaban J connectivity index is 1.57. The van der Waals surface area contributed by atoms with Crippen LogP contribution in [0.3, 0.4) is 0 Å². The molecular weight excluding hydrogens is 332 g/mol. The Morgan fingerprint density at radius 1 is 1.24 bits per heavy atom. The third-order valence-electron chi connectivity index (χ3n) is 4.29. The summed E-state index contributed by atoms with van der Waals surface area (Å²) in [5.74, 6) is -0.115. The second-order valence-corrected chi connectivity index (χ2v) is 6.79. The predicted molar refractivity (Wildman–Crippen MR) is 84.9 cm³/mol. The molecule has 2 amide bonds. The fourth-order valence-electron chi connectivity index (χ4n) is 2.89. The molecule has 1 heterocycles. The van der Waals surface area contributed by atoms with Crippen LogP contribution in [0.1, 0.15) is 24.8 Å². The van der Waals surface area contributed by atoms with E-state index in [1.54, 1.807) is 0 Å². The highest BCUT2D eigenvalue weighted by atomic mass is 79.9. The molecule has 1 saturated carbocycles. The van der Waals surface area contributed by atoms with Gasteiger partial charge in [-0.1, -0.05) is 15.9 Å². The van der Waals surface area contributed by atoms with E-state index in [1.807, 2.05) is 30.0 Å². The quantitative estimate of drug-likeness (QED) is 0.910. The van der Waals surface area contributed by atoms with Crippen LogP contribution in [0.25, 0.3) is 0 Å². The van der Waals surface area contributed by atoms with Gasteiger partial charge in [0.2, 0.25) is 11.8 Å². The molecule has 21 heavy (non-hydrogen) atoms. The molecule has 0 bridgehead atoms. The number of benzene rings is 1. The molecule has 0 aromatic heterocycles. The Bertz CT molecular complexity index is 582. The maximum absolute atomic E-state index is 12.2. The molecule has 0 radical (unpaired) electrons. The van der Waals surface area contributed by atoms with Crippen LogP contribution in [0, 0.1) is 18.8 Å². The molecule has 1 saturated heterocycles. The van der Waals surface area contributed by atoms with E-state index < -0.39 is 0 Å². The van der Waals surface area contributed by atoms with Crippen molar-refractivity contribution in [3.05, 3.63) is 28.2 Å². The third kappa shape index (κ3) is 3.12. The van der Waals surface area contributed by atoms with Crippen molar-refractivity contribution >= 4 is 33.4 Å². The van der Waals surface area contributed by atoms with Crippen LogP contribution in [0.4, 0.5) is 5.69 Å². The molecule has 1 aliphatic carbocycles. The zero-order valence-electron chi connectivity index (χ0n) is 12.1. The molecular formula is C16H19BrN2O2. The summed E-state index contributed by atoms with van der Waals surface area (Å²) in [4.78, 5) is 26.3. The summed E-state index contributed by atoms with van der Waals surface area (Å²) in [7, 11) is 0. The molecule has 5 heteroatoms. The highest BCUT2D eigenvalue weighted by Gasteiger charge is 2.49. The largest absolute Gasteiger partial charge is 0.342 e. The SMILES string of the molecule is Cc1cc(NC(=O)C2CC2C(=O)N2CCCC2)ccc1Br. The van der Waals surface area contributed by atoms with Gasteiger partial charge in [0.1, 0.15) is 0 Å². The molecule has 2 aliphatic rings. The van der Waals surface area contributed by atoms with Gasteiger partial charge in [-0.05, 0) is 49.9 Å². The molecule has 112 valence electrons. The topological polar surface area (TPSA) is 49.4 Å². The summed E-state index contributed by atoms with van der Waals surface area (Å²) in [5.41, 5.74) is 1.87. The van der Waals surface area contributed by atoms with Gasteiger partial charge in [0.25, 0.3) is 0 Å². The van der Waals surface area contributed by atoms with Crippen molar-refractivity contribution in [1.82, 2.24) is 4.90 Å². The number of aryl methyl sites for hydroxylation is 1. The van der Waals surface area contributed by atoms with E-state index in [9.17, 15) is 9.59 Å². The maximum Gasteiger partial charge on any atom is 0.228 e. The van der Waals surface area contributed by atoms with Gasteiger partial charge >= 0.3 is 0 Å². The van der Waals surface area contributed by atoms with E-state index in [0.29, 0.717) is 6.42 Å². The molecule has 0 spiro atoms. The molecule has 4 nitrogen and oxygen atoms in total. The van der Waals surface area contributed by atoms with Crippen LogP contribution in [-0.4, -0.2) is 29.8 Å². The number of anilines is 1. The van der Waals surface area contributed by atoms with E-state index in [-0.39, 0.29) is 23.7 Å². The van der Waals surface area contributed by atoms with Crippen LogP contribution in [0.15, 0.2) is 22.7 Å². The van der Waals surface area contributed by atoms with Gasteiger partial charge in [-0.15, -0.1) is 0 Å². The van der Waals surface area contributed by atoms with Gasteiger partial charge in [-0.2, -0.15) is 0 Å². The minimum atomic E-state index is -0.151. The van der Waals surface area contributed by atoms with Gasteiger partial charge in [-0.25, -0.2) is 0 Å². The summed E-state index contributed by atoms with van der Waals surface area (Å²) < 4.78 is 1.02. The number of carbonyl (C=O) groups excluding carboxylic acids is 2. The van der Waals surface area contributed by atoms with Crippen molar-refractivity contribution in [2.75, 3.05) is 18.4 Å². The van der Waals surface area contributed by atoms with E-state index >= 15 is 0 Å². The van der Waals surface area contributed by atoms with Crippen molar-refractivity contribution in [2.45, 2.75) is 26.2 Å². The highest BCUT2D eigenvalue weighted by Crippen LogP contribution is 2.41. The minimum Gasteiger partial charge on any atom is -0.342 e. The van der Waals surface area contributed by atoms with Crippen LogP contribution in [0.2, 0.25) is 0 Å². The Labute approximate surface area is 133 Å².